The number of aliphatic hydroxyl groups is 1. The first-order chi connectivity index (χ1) is 11.0. The minimum atomic E-state index is -0.937. The Bertz CT molecular complexity index is 760. The summed E-state index contributed by atoms with van der Waals surface area (Å²) in [6.07, 6.45) is 0.513. The Hall–Kier alpha value is -2.24. The van der Waals surface area contributed by atoms with Crippen molar-refractivity contribution in [3.8, 4) is 0 Å². The van der Waals surface area contributed by atoms with Gasteiger partial charge in [0.15, 0.2) is 11.2 Å². The van der Waals surface area contributed by atoms with Crippen molar-refractivity contribution in [2.75, 3.05) is 0 Å². The largest absolute Gasteiger partial charge is 0.436 e. The van der Waals surface area contributed by atoms with Gasteiger partial charge in [-0.1, -0.05) is 30.3 Å². The van der Waals surface area contributed by atoms with Gasteiger partial charge in [-0.25, -0.2) is 4.98 Å². The van der Waals surface area contributed by atoms with Crippen LogP contribution in [0.2, 0.25) is 0 Å². The van der Waals surface area contributed by atoms with Crippen LogP contribution in [0.1, 0.15) is 35.2 Å². The second kappa shape index (κ2) is 6.48. The van der Waals surface area contributed by atoms with Crippen LogP contribution in [0.3, 0.4) is 0 Å². The van der Waals surface area contributed by atoms with Crippen LogP contribution in [0, 0.1) is 13.8 Å². The Balaban J connectivity index is 1.72. The summed E-state index contributed by atoms with van der Waals surface area (Å²) in [5.41, 5.74) is 10.3. The second-order valence-electron chi connectivity index (χ2n) is 5.90. The lowest BCUT2D eigenvalue weighted by Crippen LogP contribution is -2.29. The predicted octanol–water partition coefficient (Wildman–Crippen LogP) is 2.83. The minimum absolute atomic E-state index is 0.234. The van der Waals surface area contributed by atoms with Crippen molar-refractivity contribution in [1.29, 1.82) is 0 Å². The van der Waals surface area contributed by atoms with Gasteiger partial charge in [-0.2, -0.15) is 4.98 Å². The Morgan fingerprint density at radius 3 is 2.65 bits per heavy atom. The van der Waals surface area contributed by atoms with Gasteiger partial charge < -0.3 is 15.3 Å². The number of pyridine rings is 1. The highest BCUT2D eigenvalue weighted by molar-refractivity contribution is 5.69. The Morgan fingerprint density at radius 1 is 1.17 bits per heavy atom. The third kappa shape index (κ3) is 3.41. The van der Waals surface area contributed by atoms with E-state index in [1.165, 1.54) is 5.56 Å². The topological polar surface area (TPSA) is 85.2 Å². The molecule has 0 bridgehead atoms. The number of aryl methyl sites for hydroxylation is 3. The molecule has 0 radical (unpaired) electrons. The molecule has 3 aromatic rings. The molecule has 0 aliphatic heterocycles. The number of aliphatic hydroxyl groups excluding tert-OH is 1. The summed E-state index contributed by atoms with van der Waals surface area (Å²) in [5.74, 6) is 0.234. The Kier molecular flexibility index (Phi) is 4.41. The Morgan fingerprint density at radius 2 is 1.91 bits per heavy atom. The van der Waals surface area contributed by atoms with Crippen molar-refractivity contribution in [1.82, 2.24) is 9.97 Å². The summed E-state index contributed by atoms with van der Waals surface area (Å²) in [5, 5.41) is 10.4. The summed E-state index contributed by atoms with van der Waals surface area (Å²) < 4.78 is 5.64. The molecule has 120 valence electrons. The fraction of sp³-hybridized carbons (Fsp3) is 0.333. The molecule has 2 atom stereocenters. The first-order valence-electron chi connectivity index (χ1n) is 7.77. The van der Waals surface area contributed by atoms with Crippen LogP contribution < -0.4 is 5.73 Å². The van der Waals surface area contributed by atoms with E-state index in [-0.39, 0.29) is 5.89 Å². The molecule has 2 aromatic heterocycles. The summed E-state index contributed by atoms with van der Waals surface area (Å²) in [7, 11) is 0. The van der Waals surface area contributed by atoms with Crippen LogP contribution in [0.15, 0.2) is 40.8 Å². The van der Waals surface area contributed by atoms with Crippen molar-refractivity contribution in [2.24, 2.45) is 5.73 Å². The van der Waals surface area contributed by atoms with Crippen LogP contribution in [-0.4, -0.2) is 21.1 Å². The molecular formula is C18H21N3O2. The monoisotopic (exact) mass is 311 g/mol. The zero-order valence-electron chi connectivity index (χ0n) is 13.4. The molecule has 1 aromatic carbocycles. The average Bonchev–Trinajstić information content (AvgIpc) is 2.96. The van der Waals surface area contributed by atoms with E-state index in [1.54, 1.807) is 0 Å². The number of oxazole rings is 1. The van der Waals surface area contributed by atoms with Crippen LogP contribution in [-0.2, 0) is 6.42 Å². The second-order valence-corrected chi connectivity index (χ2v) is 5.90. The molecule has 5 nitrogen and oxygen atoms in total. The highest BCUT2D eigenvalue weighted by atomic mass is 16.4. The fourth-order valence-electron chi connectivity index (χ4n) is 2.51. The first-order valence-corrected chi connectivity index (χ1v) is 7.77. The van der Waals surface area contributed by atoms with Gasteiger partial charge in [0.1, 0.15) is 6.10 Å². The quantitative estimate of drug-likeness (QED) is 0.757. The van der Waals surface area contributed by atoms with Crippen molar-refractivity contribution in [3.05, 3.63) is 59.1 Å². The molecule has 0 saturated carbocycles. The summed E-state index contributed by atoms with van der Waals surface area (Å²) in [4.78, 5) is 8.66. The summed E-state index contributed by atoms with van der Waals surface area (Å²) in [6.45, 7) is 3.89. The molecule has 0 spiro atoms. The van der Waals surface area contributed by atoms with Crippen molar-refractivity contribution < 1.29 is 9.52 Å². The highest BCUT2D eigenvalue weighted by Gasteiger charge is 2.23. The molecule has 0 amide bonds. The number of hydrogen-bond donors (Lipinski definition) is 2. The lowest BCUT2D eigenvalue weighted by molar-refractivity contribution is 0.114. The van der Waals surface area contributed by atoms with E-state index in [0.717, 1.165) is 17.7 Å². The van der Waals surface area contributed by atoms with E-state index in [9.17, 15) is 5.11 Å². The van der Waals surface area contributed by atoms with E-state index < -0.39 is 12.1 Å². The highest BCUT2D eigenvalue weighted by Crippen LogP contribution is 2.23. The fourth-order valence-corrected chi connectivity index (χ4v) is 2.51. The van der Waals surface area contributed by atoms with E-state index in [2.05, 4.69) is 9.97 Å². The molecule has 23 heavy (non-hydrogen) atoms. The molecule has 2 heterocycles. The van der Waals surface area contributed by atoms with Gasteiger partial charge in [-0.05, 0) is 43.9 Å². The van der Waals surface area contributed by atoms with E-state index in [1.807, 2.05) is 50.2 Å². The first kappa shape index (κ1) is 15.6. The normalized spacial score (nSPS) is 14.1. The number of aromatic nitrogens is 2. The van der Waals surface area contributed by atoms with Crippen LogP contribution in [0.5, 0.6) is 0 Å². The number of nitrogens with two attached hydrogens (primary N) is 1. The number of nitrogens with zero attached hydrogens (tertiary/aromatic N) is 2. The average molecular weight is 311 g/mol. The van der Waals surface area contributed by atoms with E-state index in [0.29, 0.717) is 17.7 Å². The molecule has 0 fully saturated rings. The maximum Gasteiger partial charge on any atom is 0.227 e. The molecule has 0 aliphatic rings. The molecule has 0 unspecified atom stereocenters. The van der Waals surface area contributed by atoms with E-state index in [4.69, 9.17) is 10.2 Å². The molecule has 0 saturated heterocycles. The van der Waals surface area contributed by atoms with Gasteiger partial charge in [0.25, 0.3) is 0 Å². The lowest BCUT2D eigenvalue weighted by atomic mass is 10.0. The maximum absolute atomic E-state index is 10.4. The van der Waals surface area contributed by atoms with Gasteiger partial charge >= 0.3 is 0 Å². The maximum atomic E-state index is 10.4. The molecule has 0 aliphatic carbocycles. The van der Waals surface area contributed by atoms with Crippen molar-refractivity contribution in [3.63, 3.8) is 0 Å². The SMILES string of the molecule is Cc1cc2oc([C@H](O)[C@H](N)CCc3ccccc3)nc2nc1C. The van der Waals surface area contributed by atoms with Crippen LogP contribution >= 0.6 is 0 Å². The third-order valence-corrected chi connectivity index (χ3v) is 4.11. The van der Waals surface area contributed by atoms with Gasteiger partial charge in [-0.3, -0.25) is 0 Å². The summed E-state index contributed by atoms with van der Waals surface area (Å²) in [6, 6.07) is 11.5. The number of rotatable bonds is 5. The smallest absolute Gasteiger partial charge is 0.227 e. The Labute approximate surface area is 135 Å². The van der Waals surface area contributed by atoms with Crippen LogP contribution in [0.4, 0.5) is 0 Å². The van der Waals surface area contributed by atoms with Crippen molar-refractivity contribution in [2.45, 2.75) is 38.8 Å². The lowest BCUT2D eigenvalue weighted by Gasteiger charge is -2.15. The number of benzene rings is 1. The molecule has 3 N–H and O–H groups in total. The van der Waals surface area contributed by atoms with Crippen LogP contribution in [0.25, 0.3) is 11.2 Å². The third-order valence-electron chi connectivity index (χ3n) is 4.11. The zero-order chi connectivity index (χ0) is 16.4. The van der Waals surface area contributed by atoms with Crippen molar-refractivity contribution >= 4 is 11.2 Å². The molecule has 3 rings (SSSR count). The van der Waals surface area contributed by atoms with Gasteiger partial charge in [0.2, 0.25) is 5.89 Å². The van der Waals surface area contributed by atoms with E-state index >= 15 is 0 Å². The standard InChI is InChI=1S/C18H21N3O2/c1-11-10-15-17(20-12(11)2)21-18(23-15)16(22)14(19)9-8-13-6-4-3-5-7-13/h3-7,10,14,16,22H,8-9,19H2,1-2H3/t14-,16-/m1/s1. The van der Waals surface area contributed by atoms with Gasteiger partial charge in [-0.15, -0.1) is 0 Å². The predicted molar refractivity (Wildman–Crippen MR) is 89.0 cm³/mol. The number of hydrogen-bond acceptors (Lipinski definition) is 5. The zero-order valence-corrected chi connectivity index (χ0v) is 13.4. The molecule has 5 heteroatoms. The number of fused-ring (bicyclic) bond motifs is 1. The molecular weight excluding hydrogens is 290 g/mol. The van der Waals surface area contributed by atoms with Gasteiger partial charge in [0.05, 0.1) is 0 Å². The minimum Gasteiger partial charge on any atom is -0.436 e. The van der Waals surface area contributed by atoms with Gasteiger partial charge in [0, 0.05) is 11.7 Å². The summed E-state index contributed by atoms with van der Waals surface area (Å²) >= 11 is 0.